The molecular weight excluding hydrogens is 274 g/mol. The van der Waals surface area contributed by atoms with Gasteiger partial charge in [0.15, 0.2) is 5.82 Å². The van der Waals surface area contributed by atoms with E-state index in [1.807, 2.05) is 0 Å². The summed E-state index contributed by atoms with van der Waals surface area (Å²) in [6.45, 7) is 1.65. The second kappa shape index (κ2) is 6.08. The number of carbonyl (C=O) groups excluding carboxylic acids is 2. The number of rotatable bonds is 4. The first-order valence-corrected chi connectivity index (χ1v) is 6.17. The van der Waals surface area contributed by atoms with Crippen molar-refractivity contribution in [1.82, 2.24) is 9.78 Å². The Morgan fingerprint density at radius 1 is 1.48 bits per heavy atom. The van der Waals surface area contributed by atoms with Crippen molar-refractivity contribution in [2.45, 2.75) is 6.92 Å². The van der Waals surface area contributed by atoms with Gasteiger partial charge in [0.25, 0.3) is 0 Å². The van der Waals surface area contributed by atoms with E-state index in [-0.39, 0.29) is 5.91 Å². The van der Waals surface area contributed by atoms with Crippen molar-refractivity contribution in [2.24, 2.45) is 7.05 Å². The number of esters is 1. The third-order valence-electron chi connectivity index (χ3n) is 2.71. The minimum atomic E-state index is -0.478. The molecule has 0 aliphatic rings. The van der Waals surface area contributed by atoms with Crippen molar-refractivity contribution < 1.29 is 18.7 Å². The minimum Gasteiger partial charge on any atom is -0.465 e. The van der Waals surface area contributed by atoms with Crippen molar-refractivity contribution in [1.29, 1.82) is 0 Å². The van der Waals surface area contributed by atoms with Crippen molar-refractivity contribution in [3.63, 3.8) is 0 Å². The van der Waals surface area contributed by atoms with E-state index in [9.17, 15) is 9.59 Å². The molecule has 110 valence electrons. The zero-order valence-corrected chi connectivity index (χ0v) is 11.9. The van der Waals surface area contributed by atoms with Crippen LogP contribution in [-0.4, -0.2) is 28.8 Å². The monoisotopic (exact) mass is 289 g/mol. The zero-order valence-electron chi connectivity index (χ0n) is 11.9. The smallest absolute Gasteiger partial charge is 0.341 e. The highest BCUT2D eigenvalue weighted by Crippen LogP contribution is 2.16. The molecule has 2 aromatic rings. The van der Waals surface area contributed by atoms with Crippen LogP contribution in [-0.2, 0) is 16.6 Å². The Bertz CT molecular complexity index is 697. The predicted octanol–water partition coefficient (Wildman–Crippen LogP) is 1.76. The molecule has 0 saturated carbocycles. The number of amides is 1. The molecule has 21 heavy (non-hydrogen) atoms. The highest BCUT2D eigenvalue weighted by Gasteiger charge is 2.14. The number of aromatic nitrogens is 2. The molecule has 1 N–H and O–H groups in total. The van der Waals surface area contributed by atoms with Crippen LogP contribution in [0.15, 0.2) is 28.8 Å². The lowest BCUT2D eigenvalue weighted by Gasteiger charge is -1.95. The molecule has 1 amide bonds. The SMILES string of the molecule is COC(=O)c1cc(C=CC(=O)Nc2ccn(C)n2)oc1C. The van der Waals surface area contributed by atoms with Gasteiger partial charge in [0.2, 0.25) is 5.91 Å². The van der Waals surface area contributed by atoms with Crippen molar-refractivity contribution in [3.05, 3.63) is 41.5 Å². The fourth-order valence-corrected chi connectivity index (χ4v) is 1.71. The van der Waals surface area contributed by atoms with Gasteiger partial charge in [-0.15, -0.1) is 0 Å². The van der Waals surface area contributed by atoms with Crippen LogP contribution in [0.25, 0.3) is 6.08 Å². The van der Waals surface area contributed by atoms with Gasteiger partial charge in [0.1, 0.15) is 17.1 Å². The maximum Gasteiger partial charge on any atom is 0.341 e. The average Bonchev–Trinajstić information content (AvgIpc) is 3.02. The summed E-state index contributed by atoms with van der Waals surface area (Å²) in [5.41, 5.74) is 0.335. The first-order valence-electron chi connectivity index (χ1n) is 6.17. The number of hydrogen-bond donors (Lipinski definition) is 1. The van der Waals surface area contributed by atoms with E-state index in [0.717, 1.165) is 0 Å². The van der Waals surface area contributed by atoms with Crippen molar-refractivity contribution >= 4 is 23.8 Å². The van der Waals surface area contributed by atoms with Crippen molar-refractivity contribution in [2.75, 3.05) is 12.4 Å². The van der Waals surface area contributed by atoms with Gasteiger partial charge in [-0.25, -0.2) is 4.79 Å². The van der Waals surface area contributed by atoms with Gasteiger partial charge in [-0.05, 0) is 19.1 Å². The average molecular weight is 289 g/mol. The largest absolute Gasteiger partial charge is 0.465 e. The highest BCUT2D eigenvalue weighted by atomic mass is 16.5. The maximum absolute atomic E-state index is 11.7. The minimum absolute atomic E-state index is 0.335. The van der Waals surface area contributed by atoms with Crippen LogP contribution < -0.4 is 5.32 Å². The third kappa shape index (κ3) is 3.59. The predicted molar refractivity (Wildman–Crippen MR) is 75.7 cm³/mol. The fraction of sp³-hybridized carbons (Fsp3) is 0.214. The van der Waals surface area contributed by atoms with Crippen LogP contribution in [0.2, 0.25) is 0 Å². The van der Waals surface area contributed by atoms with Gasteiger partial charge in [0.05, 0.1) is 7.11 Å². The van der Waals surface area contributed by atoms with E-state index in [1.54, 1.807) is 30.9 Å². The Balaban J connectivity index is 2.03. The normalized spacial score (nSPS) is 10.8. The molecule has 0 spiro atoms. The standard InChI is InChI=1S/C14H15N3O4/c1-9-11(14(19)20-3)8-10(21-9)4-5-13(18)15-12-6-7-17(2)16-12/h4-8H,1-3H3,(H,15,16,18). The summed E-state index contributed by atoms with van der Waals surface area (Å²) >= 11 is 0. The molecule has 2 rings (SSSR count). The summed E-state index contributed by atoms with van der Waals surface area (Å²) in [6.07, 6.45) is 4.49. The Kier molecular flexibility index (Phi) is 4.22. The molecule has 0 unspecified atom stereocenters. The zero-order chi connectivity index (χ0) is 15.4. The lowest BCUT2D eigenvalue weighted by Crippen LogP contribution is -2.08. The number of furan rings is 1. The summed E-state index contributed by atoms with van der Waals surface area (Å²) in [5.74, 6) is 0.463. The fourth-order valence-electron chi connectivity index (χ4n) is 1.71. The second-order valence-electron chi connectivity index (χ2n) is 4.31. The summed E-state index contributed by atoms with van der Waals surface area (Å²) in [5, 5.41) is 6.62. The molecule has 7 nitrogen and oxygen atoms in total. The number of carbonyl (C=O) groups is 2. The first-order chi connectivity index (χ1) is 9.99. The molecule has 0 bridgehead atoms. The van der Waals surface area contributed by atoms with Gasteiger partial charge in [-0.2, -0.15) is 5.10 Å². The van der Waals surface area contributed by atoms with Crippen LogP contribution in [0.4, 0.5) is 5.82 Å². The van der Waals surface area contributed by atoms with Crippen LogP contribution in [0.5, 0.6) is 0 Å². The highest BCUT2D eigenvalue weighted by molar-refractivity contribution is 6.01. The quantitative estimate of drug-likeness (QED) is 0.684. The van der Waals surface area contributed by atoms with Gasteiger partial charge >= 0.3 is 5.97 Å². The van der Waals surface area contributed by atoms with Gasteiger partial charge in [-0.1, -0.05) is 0 Å². The number of methoxy groups -OCH3 is 1. The molecule has 7 heteroatoms. The molecule has 0 saturated heterocycles. The number of hydrogen-bond acceptors (Lipinski definition) is 5. The third-order valence-corrected chi connectivity index (χ3v) is 2.71. The number of ether oxygens (including phenoxy) is 1. The molecule has 0 aromatic carbocycles. The Hall–Kier alpha value is -2.83. The summed E-state index contributed by atoms with van der Waals surface area (Å²) in [6, 6.07) is 3.20. The van der Waals surface area contributed by atoms with Crippen LogP contribution >= 0.6 is 0 Å². The summed E-state index contributed by atoms with van der Waals surface area (Å²) in [7, 11) is 3.05. The van der Waals surface area contributed by atoms with Crippen LogP contribution in [0.3, 0.4) is 0 Å². The van der Waals surface area contributed by atoms with Gasteiger partial charge < -0.3 is 14.5 Å². The number of nitrogens with one attached hydrogen (secondary N) is 1. The molecule has 2 heterocycles. The Morgan fingerprint density at radius 3 is 2.86 bits per heavy atom. The van der Waals surface area contributed by atoms with E-state index in [1.165, 1.54) is 25.3 Å². The Labute approximate surface area is 121 Å². The number of anilines is 1. The van der Waals surface area contributed by atoms with Crippen molar-refractivity contribution in [3.8, 4) is 0 Å². The topological polar surface area (TPSA) is 86.4 Å². The molecule has 0 atom stereocenters. The molecule has 0 radical (unpaired) electrons. The Morgan fingerprint density at radius 2 is 2.24 bits per heavy atom. The van der Waals surface area contributed by atoms with Crippen LogP contribution in [0.1, 0.15) is 21.9 Å². The van der Waals surface area contributed by atoms with Crippen LogP contribution in [0, 0.1) is 6.92 Å². The van der Waals surface area contributed by atoms with E-state index >= 15 is 0 Å². The summed E-state index contributed by atoms with van der Waals surface area (Å²) < 4.78 is 11.6. The summed E-state index contributed by atoms with van der Waals surface area (Å²) in [4.78, 5) is 23.1. The molecule has 0 aliphatic carbocycles. The van der Waals surface area contributed by atoms with E-state index < -0.39 is 5.97 Å². The second-order valence-corrected chi connectivity index (χ2v) is 4.31. The van der Waals surface area contributed by atoms with E-state index in [2.05, 4.69) is 15.2 Å². The number of nitrogens with zero attached hydrogens (tertiary/aromatic N) is 2. The van der Waals surface area contributed by atoms with Gasteiger partial charge in [0, 0.05) is 25.4 Å². The number of aryl methyl sites for hydroxylation is 2. The maximum atomic E-state index is 11.7. The molecular formula is C14H15N3O4. The molecule has 0 fully saturated rings. The first kappa shape index (κ1) is 14.6. The van der Waals surface area contributed by atoms with Gasteiger partial charge in [-0.3, -0.25) is 9.48 Å². The molecule has 0 aliphatic heterocycles. The van der Waals surface area contributed by atoms with E-state index in [4.69, 9.17) is 4.42 Å². The lowest BCUT2D eigenvalue weighted by atomic mass is 10.2. The van der Waals surface area contributed by atoms with E-state index in [0.29, 0.717) is 22.9 Å². The molecule has 2 aromatic heterocycles. The lowest BCUT2D eigenvalue weighted by molar-refractivity contribution is -0.111.